The lowest BCUT2D eigenvalue weighted by molar-refractivity contribution is -0.132. The van der Waals surface area contributed by atoms with Crippen LogP contribution in [-0.2, 0) is 14.3 Å². The highest BCUT2D eigenvalue weighted by molar-refractivity contribution is 5.93. The van der Waals surface area contributed by atoms with Gasteiger partial charge in [0, 0.05) is 5.57 Å². The summed E-state index contributed by atoms with van der Waals surface area (Å²) in [5.41, 5.74) is 1.14. The highest BCUT2D eigenvalue weighted by Crippen LogP contribution is 2.43. The van der Waals surface area contributed by atoms with Crippen LogP contribution in [0.25, 0.3) is 0 Å². The second-order valence-corrected chi connectivity index (χ2v) is 2.77. The molecule has 0 bridgehead atoms. The van der Waals surface area contributed by atoms with E-state index in [1.54, 1.807) is 19.4 Å². The van der Waals surface area contributed by atoms with Crippen LogP contribution in [0.5, 0.6) is 0 Å². The molecule has 0 radical (unpaired) electrons. The third kappa shape index (κ3) is 1.20. The SMILES string of the molecule is CO/C=C1\CC=C(C(=O)O)C2=C1O2. The molecule has 0 atom stereocenters. The fraction of sp³-hybridized carbons (Fsp3) is 0.222. The van der Waals surface area contributed by atoms with Gasteiger partial charge >= 0.3 is 5.97 Å². The summed E-state index contributed by atoms with van der Waals surface area (Å²) in [5.74, 6) is 0.185. The first kappa shape index (κ1) is 7.91. The van der Waals surface area contributed by atoms with E-state index in [1.807, 2.05) is 0 Å². The number of carboxylic acids is 1. The maximum absolute atomic E-state index is 10.6. The monoisotopic (exact) mass is 180 g/mol. The number of methoxy groups -OCH3 is 1. The van der Waals surface area contributed by atoms with Crippen molar-refractivity contribution in [2.75, 3.05) is 7.11 Å². The van der Waals surface area contributed by atoms with Crippen LogP contribution in [-0.4, -0.2) is 18.2 Å². The lowest BCUT2D eigenvalue weighted by atomic mass is 10.0. The predicted octanol–water partition coefficient (Wildman–Crippen LogP) is 1.17. The zero-order chi connectivity index (χ0) is 9.42. The Hall–Kier alpha value is -1.71. The van der Waals surface area contributed by atoms with E-state index in [1.165, 1.54) is 0 Å². The van der Waals surface area contributed by atoms with Gasteiger partial charge in [0.05, 0.1) is 13.4 Å². The lowest BCUT2D eigenvalue weighted by Gasteiger charge is -1.99. The van der Waals surface area contributed by atoms with Gasteiger partial charge < -0.3 is 14.6 Å². The maximum Gasteiger partial charge on any atom is 0.339 e. The van der Waals surface area contributed by atoms with Gasteiger partial charge in [-0.25, -0.2) is 4.79 Å². The van der Waals surface area contributed by atoms with Gasteiger partial charge in [0.1, 0.15) is 5.57 Å². The van der Waals surface area contributed by atoms with Gasteiger partial charge in [-0.1, -0.05) is 6.08 Å². The first-order valence-corrected chi connectivity index (χ1v) is 3.82. The second kappa shape index (κ2) is 2.65. The molecule has 1 aliphatic carbocycles. The minimum Gasteiger partial charge on any atom is -0.504 e. The van der Waals surface area contributed by atoms with Crippen molar-refractivity contribution in [1.29, 1.82) is 0 Å². The van der Waals surface area contributed by atoms with Crippen molar-refractivity contribution < 1.29 is 19.4 Å². The topological polar surface area (TPSA) is 59.1 Å². The fourth-order valence-corrected chi connectivity index (χ4v) is 1.29. The molecule has 1 heterocycles. The highest BCUT2D eigenvalue weighted by atomic mass is 16.6. The van der Waals surface area contributed by atoms with E-state index in [0.717, 1.165) is 5.57 Å². The van der Waals surface area contributed by atoms with Crippen molar-refractivity contribution in [1.82, 2.24) is 0 Å². The molecule has 0 unspecified atom stereocenters. The molecule has 0 fully saturated rings. The van der Waals surface area contributed by atoms with E-state index < -0.39 is 5.97 Å². The summed E-state index contributed by atoms with van der Waals surface area (Å²) >= 11 is 0. The Morgan fingerprint density at radius 3 is 3.08 bits per heavy atom. The van der Waals surface area contributed by atoms with Gasteiger partial charge in [-0.15, -0.1) is 0 Å². The fourth-order valence-electron chi connectivity index (χ4n) is 1.29. The number of aliphatic carboxylic acids is 1. The number of hydrogen-bond acceptors (Lipinski definition) is 3. The van der Waals surface area contributed by atoms with E-state index in [4.69, 9.17) is 14.6 Å². The normalized spacial score (nSPS) is 21.9. The van der Waals surface area contributed by atoms with E-state index in [2.05, 4.69) is 0 Å². The molecule has 4 heteroatoms. The molecule has 1 aliphatic heterocycles. The first-order valence-electron chi connectivity index (χ1n) is 3.82. The molecule has 4 nitrogen and oxygen atoms in total. The predicted molar refractivity (Wildman–Crippen MR) is 43.5 cm³/mol. The number of ether oxygens (including phenoxy) is 2. The first-order chi connectivity index (χ1) is 6.24. The van der Waals surface area contributed by atoms with Crippen LogP contribution in [0, 0.1) is 0 Å². The van der Waals surface area contributed by atoms with E-state index in [0.29, 0.717) is 17.9 Å². The number of hydrogen-bond donors (Lipinski definition) is 1. The summed E-state index contributed by atoms with van der Waals surface area (Å²) in [6, 6.07) is 0. The number of carboxylic acid groups (broad SMARTS) is 1. The van der Waals surface area contributed by atoms with Gasteiger partial charge in [0.15, 0.2) is 11.5 Å². The Morgan fingerprint density at radius 1 is 1.69 bits per heavy atom. The molecule has 0 saturated heterocycles. The molecule has 2 rings (SSSR count). The summed E-state index contributed by atoms with van der Waals surface area (Å²) in [5, 5.41) is 8.72. The number of carbonyl (C=O) groups is 1. The largest absolute Gasteiger partial charge is 0.504 e. The molecule has 0 aromatic carbocycles. The Balaban J connectivity index is 2.25. The molecular formula is C9H8O4. The summed E-state index contributed by atoms with van der Waals surface area (Å²) in [4.78, 5) is 10.6. The van der Waals surface area contributed by atoms with Crippen molar-refractivity contribution in [2.45, 2.75) is 6.42 Å². The molecule has 2 aliphatic rings. The Labute approximate surface area is 74.8 Å². The lowest BCUT2D eigenvalue weighted by Crippen LogP contribution is -2.01. The summed E-state index contributed by atoms with van der Waals surface area (Å²) in [6.07, 6.45) is 3.74. The zero-order valence-corrected chi connectivity index (χ0v) is 7.03. The van der Waals surface area contributed by atoms with Crippen molar-refractivity contribution in [3.05, 3.63) is 35.0 Å². The standard InChI is InChI=1S/C9H8O4/c1-12-4-5-2-3-6(9(10)11)8-7(5)13-8/h3-4H,2H2,1H3,(H,10,11)/b5-4+. The molecule has 0 amide bonds. The van der Waals surface area contributed by atoms with Crippen LogP contribution in [0.4, 0.5) is 0 Å². The van der Waals surface area contributed by atoms with Crippen LogP contribution in [0.15, 0.2) is 35.0 Å². The Morgan fingerprint density at radius 2 is 2.46 bits per heavy atom. The van der Waals surface area contributed by atoms with Crippen molar-refractivity contribution in [3.8, 4) is 0 Å². The maximum atomic E-state index is 10.6. The molecule has 0 saturated carbocycles. The smallest absolute Gasteiger partial charge is 0.339 e. The van der Waals surface area contributed by atoms with E-state index in [-0.39, 0.29) is 5.57 Å². The summed E-state index contributed by atoms with van der Waals surface area (Å²) < 4.78 is 9.87. The van der Waals surface area contributed by atoms with Gasteiger partial charge in [0.25, 0.3) is 0 Å². The zero-order valence-electron chi connectivity index (χ0n) is 7.03. The van der Waals surface area contributed by atoms with Crippen molar-refractivity contribution >= 4 is 5.97 Å². The third-order valence-electron chi connectivity index (χ3n) is 1.92. The summed E-state index contributed by atoms with van der Waals surface area (Å²) in [7, 11) is 1.55. The molecule has 1 N–H and O–H groups in total. The van der Waals surface area contributed by atoms with Gasteiger partial charge in [-0.05, 0) is 6.42 Å². The number of rotatable bonds is 2. The average molecular weight is 180 g/mol. The van der Waals surface area contributed by atoms with Crippen LogP contribution < -0.4 is 0 Å². The summed E-state index contributed by atoms with van der Waals surface area (Å²) in [6.45, 7) is 0. The Bertz CT molecular complexity index is 360. The van der Waals surface area contributed by atoms with Crippen LogP contribution in [0.3, 0.4) is 0 Å². The van der Waals surface area contributed by atoms with Crippen molar-refractivity contribution in [3.63, 3.8) is 0 Å². The molecule has 0 spiro atoms. The van der Waals surface area contributed by atoms with Gasteiger partial charge in [0.2, 0.25) is 0 Å². The average Bonchev–Trinajstić information content (AvgIpc) is 2.83. The molecule has 0 aromatic heterocycles. The van der Waals surface area contributed by atoms with Crippen LogP contribution in [0.1, 0.15) is 6.42 Å². The quantitative estimate of drug-likeness (QED) is 0.648. The minimum absolute atomic E-state index is 0.253. The minimum atomic E-state index is -0.943. The highest BCUT2D eigenvalue weighted by Gasteiger charge is 2.38. The molecule has 68 valence electrons. The molecule has 0 aromatic rings. The van der Waals surface area contributed by atoms with Crippen LogP contribution in [0.2, 0.25) is 0 Å². The third-order valence-corrected chi connectivity index (χ3v) is 1.92. The van der Waals surface area contributed by atoms with Crippen molar-refractivity contribution in [2.24, 2.45) is 0 Å². The molecular weight excluding hydrogens is 172 g/mol. The van der Waals surface area contributed by atoms with Gasteiger partial charge in [-0.3, -0.25) is 0 Å². The second-order valence-electron chi connectivity index (χ2n) is 2.77. The number of allylic oxidation sites excluding steroid dienone is 2. The van der Waals surface area contributed by atoms with E-state index >= 15 is 0 Å². The molecule has 13 heavy (non-hydrogen) atoms. The van der Waals surface area contributed by atoms with E-state index in [9.17, 15) is 4.79 Å². The van der Waals surface area contributed by atoms with Gasteiger partial charge in [-0.2, -0.15) is 0 Å². The Kier molecular flexibility index (Phi) is 1.62. The van der Waals surface area contributed by atoms with Crippen LogP contribution >= 0.6 is 0 Å².